The highest BCUT2D eigenvalue weighted by Gasteiger charge is 2.68. The fourth-order valence-corrected chi connectivity index (χ4v) is 7.04. The second-order valence-electron chi connectivity index (χ2n) is 15.4. The quantitative estimate of drug-likeness (QED) is 0.185. The SMILES string of the molecule is CCOC(=O)[C@@]12C[C@H]1/C=C\CCCCC[C@H](NC(=O)OC(C)(C)C)C(=O)N1C[C@H](OC(=O)N3Cc4cccc(F)c4C3)C[C@H]1C(=O)N2OC(C)(C)O. The van der Waals surface area contributed by atoms with Crippen LogP contribution in [0.2, 0.25) is 0 Å². The van der Waals surface area contributed by atoms with E-state index >= 15 is 0 Å². The van der Waals surface area contributed by atoms with E-state index in [0.29, 0.717) is 24.0 Å². The van der Waals surface area contributed by atoms with E-state index in [2.05, 4.69) is 5.32 Å². The molecule has 286 valence electrons. The number of aliphatic hydroxyl groups is 1. The summed E-state index contributed by atoms with van der Waals surface area (Å²) in [7, 11) is 0. The molecule has 0 radical (unpaired) electrons. The molecular weight excluding hydrogens is 679 g/mol. The monoisotopic (exact) mass is 730 g/mol. The predicted octanol–water partition coefficient (Wildman–Crippen LogP) is 4.47. The molecule has 1 aromatic carbocycles. The first kappa shape index (κ1) is 39.0. The summed E-state index contributed by atoms with van der Waals surface area (Å²) >= 11 is 0. The van der Waals surface area contributed by atoms with Crippen LogP contribution in [0.3, 0.4) is 0 Å². The largest absolute Gasteiger partial charge is 0.464 e. The zero-order valence-electron chi connectivity index (χ0n) is 30.8. The van der Waals surface area contributed by atoms with Crippen molar-refractivity contribution in [1.29, 1.82) is 0 Å². The molecule has 3 aliphatic heterocycles. The number of esters is 1. The van der Waals surface area contributed by atoms with Gasteiger partial charge in [-0.3, -0.25) is 14.5 Å². The second-order valence-corrected chi connectivity index (χ2v) is 15.4. The summed E-state index contributed by atoms with van der Waals surface area (Å²) in [5, 5.41) is 14.4. The van der Waals surface area contributed by atoms with E-state index in [9.17, 15) is 33.5 Å². The standard InChI is InChI=1S/C37H51FN4O10/c1-7-49-32(45)37-19-24(37)15-11-9-8-10-12-17-28(39-33(46)51-35(2,3)4)30(43)41-21-25(18-29(41)31(44)42(37)52-36(5,6)48)50-34(47)40-20-23-14-13-16-27(38)26(23)22-40/h11,13-16,24-25,28-29,48H,7-10,12,17-22H2,1-6H3,(H,39,46)/b15-11-/t24-,25-,28+,29+,37-/m1/s1. The van der Waals surface area contributed by atoms with Crippen molar-refractivity contribution < 1.29 is 52.5 Å². The Hall–Kier alpha value is -4.24. The number of nitrogens with zero attached hydrogens (tertiary/aromatic N) is 3. The minimum atomic E-state index is -1.94. The maximum Gasteiger partial charge on any atom is 0.410 e. The van der Waals surface area contributed by atoms with Crippen molar-refractivity contribution >= 4 is 30.0 Å². The highest BCUT2D eigenvalue weighted by molar-refractivity contribution is 5.96. The summed E-state index contributed by atoms with van der Waals surface area (Å²) in [5.41, 5.74) is -1.45. The first-order chi connectivity index (χ1) is 24.4. The number of allylic oxidation sites excluding steroid dienone is 1. The molecule has 1 saturated heterocycles. The van der Waals surface area contributed by atoms with Gasteiger partial charge in [0.05, 0.1) is 19.7 Å². The molecule has 4 aliphatic rings. The molecule has 0 bridgehead atoms. The smallest absolute Gasteiger partial charge is 0.410 e. The summed E-state index contributed by atoms with van der Waals surface area (Å²) in [4.78, 5) is 77.8. The van der Waals surface area contributed by atoms with Gasteiger partial charge in [0, 0.05) is 24.4 Å². The number of hydrogen-bond donors (Lipinski definition) is 2. The Balaban J connectivity index is 1.49. The van der Waals surface area contributed by atoms with Crippen molar-refractivity contribution in [1.82, 2.24) is 20.2 Å². The van der Waals surface area contributed by atoms with Crippen LogP contribution in [0, 0.1) is 11.7 Å². The van der Waals surface area contributed by atoms with Gasteiger partial charge in [-0.2, -0.15) is 5.06 Å². The van der Waals surface area contributed by atoms with E-state index in [1.54, 1.807) is 39.8 Å². The number of ether oxygens (including phenoxy) is 3. The van der Waals surface area contributed by atoms with Gasteiger partial charge < -0.3 is 29.5 Å². The number of benzene rings is 1. The molecule has 1 aliphatic carbocycles. The van der Waals surface area contributed by atoms with Gasteiger partial charge in [-0.25, -0.2) is 23.6 Å². The van der Waals surface area contributed by atoms with Crippen LogP contribution < -0.4 is 5.32 Å². The zero-order valence-corrected chi connectivity index (χ0v) is 30.8. The van der Waals surface area contributed by atoms with Gasteiger partial charge in [-0.05, 0) is 78.9 Å². The van der Waals surface area contributed by atoms with Crippen molar-refractivity contribution in [3.05, 3.63) is 47.3 Å². The molecule has 5 atom stereocenters. The zero-order chi connectivity index (χ0) is 38.0. The van der Waals surface area contributed by atoms with Crippen molar-refractivity contribution in [2.24, 2.45) is 5.92 Å². The van der Waals surface area contributed by atoms with Gasteiger partial charge >= 0.3 is 18.2 Å². The topological polar surface area (TPSA) is 164 Å². The molecule has 14 nitrogen and oxygen atoms in total. The van der Waals surface area contributed by atoms with E-state index in [1.807, 2.05) is 12.2 Å². The average Bonchev–Trinajstić information content (AvgIpc) is 3.36. The molecule has 1 aromatic rings. The third kappa shape index (κ3) is 8.85. The summed E-state index contributed by atoms with van der Waals surface area (Å²) in [6.07, 6.45) is 4.14. The van der Waals surface area contributed by atoms with Gasteiger partial charge in [0.15, 0.2) is 11.3 Å². The highest BCUT2D eigenvalue weighted by Crippen LogP contribution is 2.52. The lowest BCUT2D eigenvalue weighted by Crippen LogP contribution is -2.59. The fourth-order valence-electron chi connectivity index (χ4n) is 7.04. The normalized spacial score (nSPS) is 27.4. The molecule has 52 heavy (non-hydrogen) atoms. The van der Waals surface area contributed by atoms with Crippen molar-refractivity contribution in [2.75, 3.05) is 13.2 Å². The van der Waals surface area contributed by atoms with Crippen molar-refractivity contribution in [2.45, 2.75) is 135 Å². The number of carbonyl (C=O) groups excluding carboxylic acids is 5. The molecule has 3 heterocycles. The van der Waals surface area contributed by atoms with Crippen LogP contribution >= 0.6 is 0 Å². The van der Waals surface area contributed by atoms with Crippen molar-refractivity contribution in [3.63, 3.8) is 0 Å². The van der Waals surface area contributed by atoms with Crippen LogP contribution in [0.4, 0.5) is 14.0 Å². The number of hydrogen-bond acceptors (Lipinski definition) is 10. The van der Waals surface area contributed by atoms with Gasteiger partial charge in [0.2, 0.25) is 5.91 Å². The first-order valence-corrected chi connectivity index (χ1v) is 18.0. The van der Waals surface area contributed by atoms with Crippen LogP contribution in [-0.2, 0) is 46.5 Å². The number of rotatable bonds is 6. The van der Waals surface area contributed by atoms with E-state index in [4.69, 9.17) is 19.0 Å². The van der Waals surface area contributed by atoms with E-state index < -0.39 is 76.8 Å². The van der Waals surface area contributed by atoms with Crippen LogP contribution in [0.5, 0.6) is 0 Å². The van der Waals surface area contributed by atoms with Gasteiger partial charge in [-0.1, -0.05) is 37.1 Å². The molecule has 4 amide bonds. The Morgan fingerprint density at radius 2 is 1.81 bits per heavy atom. The number of carbonyl (C=O) groups is 5. The molecule has 2 fully saturated rings. The number of halogens is 1. The summed E-state index contributed by atoms with van der Waals surface area (Å²) in [6, 6.07) is 2.16. The summed E-state index contributed by atoms with van der Waals surface area (Å²) < 4.78 is 31.2. The number of alkyl carbamates (subject to hydrolysis) is 1. The lowest BCUT2D eigenvalue weighted by Gasteiger charge is -2.37. The lowest BCUT2D eigenvalue weighted by molar-refractivity contribution is -0.318. The fraction of sp³-hybridized carbons (Fsp3) is 0.649. The van der Waals surface area contributed by atoms with Gasteiger partial charge in [0.1, 0.15) is 29.6 Å². The van der Waals surface area contributed by atoms with E-state index in [0.717, 1.165) is 17.9 Å². The van der Waals surface area contributed by atoms with Crippen molar-refractivity contribution in [3.8, 4) is 0 Å². The van der Waals surface area contributed by atoms with Crippen LogP contribution in [-0.4, -0.2) is 98.2 Å². The molecule has 0 spiro atoms. The molecule has 1 saturated carbocycles. The molecule has 5 rings (SSSR count). The average molecular weight is 731 g/mol. The molecule has 15 heteroatoms. The van der Waals surface area contributed by atoms with Gasteiger partial charge in [-0.15, -0.1) is 0 Å². The molecule has 0 unspecified atom stereocenters. The maximum atomic E-state index is 14.8. The number of amides is 4. The van der Waals surface area contributed by atoms with Crippen LogP contribution in [0.15, 0.2) is 30.4 Å². The summed E-state index contributed by atoms with van der Waals surface area (Å²) in [6.45, 7) is 9.25. The number of fused-ring (bicyclic) bond motifs is 3. The predicted molar refractivity (Wildman–Crippen MR) is 183 cm³/mol. The second kappa shape index (κ2) is 15.4. The third-order valence-electron chi connectivity index (χ3n) is 9.49. The number of hydroxylamine groups is 2. The Morgan fingerprint density at radius 3 is 2.48 bits per heavy atom. The van der Waals surface area contributed by atoms with Gasteiger partial charge in [0.25, 0.3) is 5.91 Å². The molecule has 2 N–H and O–H groups in total. The Kier molecular flexibility index (Phi) is 11.5. The minimum Gasteiger partial charge on any atom is -0.464 e. The Bertz CT molecular complexity index is 1570. The van der Waals surface area contributed by atoms with Crippen LogP contribution in [0.1, 0.15) is 97.6 Å². The minimum absolute atomic E-state index is 0.00931. The van der Waals surface area contributed by atoms with E-state index in [-0.39, 0.29) is 45.5 Å². The summed E-state index contributed by atoms with van der Waals surface area (Å²) in [5.74, 6) is -5.05. The third-order valence-corrected chi connectivity index (χ3v) is 9.49. The number of nitrogens with one attached hydrogen (secondary N) is 1. The van der Waals surface area contributed by atoms with Crippen LogP contribution in [0.25, 0.3) is 0 Å². The Morgan fingerprint density at radius 1 is 1.06 bits per heavy atom. The molecule has 0 aromatic heterocycles. The first-order valence-electron chi connectivity index (χ1n) is 18.0. The Labute approximate surface area is 303 Å². The maximum absolute atomic E-state index is 14.8. The molecular formula is C37H51FN4O10. The van der Waals surface area contributed by atoms with E-state index in [1.165, 1.54) is 29.7 Å². The lowest BCUT2D eigenvalue weighted by atomic mass is 10.0. The highest BCUT2D eigenvalue weighted by atomic mass is 19.1.